The summed E-state index contributed by atoms with van der Waals surface area (Å²) < 4.78 is 13.3. The number of fused-ring (bicyclic) bond motifs is 1. The first-order valence-corrected chi connectivity index (χ1v) is 14.0. The number of allylic oxidation sites excluding steroid dienone is 1. The number of nitrogens with zero attached hydrogens (tertiary/aromatic N) is 2. The Morgan fingerprint density at radius 3 is 2.46 bits per heavy atom. The number of carbonyl (C=O) groups excluding carboxylic acids is 1. The highest BCUT2D eigenvalue weighted by Gasteiger charge is 2.33. The minimum atomic E-state index is -0.993. The molecule has 0 fully saturated rings. The Morgan fingerprint density at radius 1 is 1.07 bits per heavy atom. The van der Waals surface area contributed by atoms with Gasteiger partial charge in [-0.3, -0.25) is 9.36 Å². The lowest BCUT2D eigenvalue weighted by Crippen LogP contribution is -2.39. The normalized spacial score (nSPS) is 14.8. The van der Waals surface area contributed by atoms with Crippen LogP contribution in [0.3, 0.4) is 0 Å². The van der Waals surface area contributed by atoms with Crippen LogP contribution in [0.25, 0.3) is 6.08 Å². The number of hydrogen-bond donors (Lipinski definition) is 1. The van der Waals surface area contributed by atoms with E-state index in [0.717, 1.165) is 5.56 Å². The van der Waals surface area contributed by atoms with E-state index >= 15 is 0 Å². The van der Waals surface area contributed by atoms with E-state index in [-0.39, 0.29) is 24.3 Å². The van der Waals surface area contributed by atoms with Crippen LogP contribution in [0.5, 0.6) is 5.75 Å². The molecule has 0 saturated heterocycles. The van der Waals surface area contributed by atoms with Gasteiger partial charge in [0.1, 0.15) is 12.4 Å². The number of carboxylic acids is 1. The monoisotopic (exact) mass is 588 g/mol. The van der Waals surface area contributed by atoms with Crippen LogP contribution in [0, 0.1) is 0 Å². The zero-order valence-electron chi connectivity index (χ0n) is 22.2. The molecule has 1 N–H and O–H groups in total. The van der Waals surface area contributed by atoms with Crippen LogP contribution >= 0.6 is 22.9 Å². The average Bonchev–Trinajstić information content (AvgIpc) is 3.26. The fourth-order valence-electron chi connectivity index (χ4n) is 4.53. The molecule has 0 bridgehead atoms. The Labute approximate surface area is 244 Å². The van der Waals surface area contributed by atoms with Crippen molar-refractivity contribution in [3.63, 3.8) is 0 Å². The zero-order valence-corrected chi connectivity index (χ0v) is 23.7. The molecule has 1 aromatic heterocycles. The fraction of sp³-hybridized carbons (Fsp3) is 0.161. The molecule has 4 aromatic rings. The molecule has 3 aromatic carbocycles. The summed E-state index contributed by atoms with van der Waals surface area (Å²) in [5, 5.41) is 9.65. The molecule has 0 unspecified atom stereocenters. The average molecular weight is 589 g/mol. The van der Waals surface area contributed by atoms with Crippen molar-refractivity contribution in [2.24, 2.45) is 4.99 Å². The SMILES string of the molecule is CCOC(=O)C1=C(C)N=c2s/c(=C\c3ccccc3OCc3ccc(C(=O)O)cc3)c(=O)n2[C@H]1c1ccc(Cl)cc1. The lowest BCUT2D eigenvalue weighted by atomic mass is 9.96. The third-order valence-corrected chi connectivity index (χ3v) is 7.74. The number of halogens is 1. The molecule has 1 aliphatic heterocycles. The molecule has 2 heterocycles. The largest absolute Gasteiger partial charge is 0.488 e. The van der Waals surface area contributed by atoms with Crippen LogP contribution < -0.4 is 19.6 Å². The number of aromatic nitrogens is 1. The second-order valence-corrected chi connectivity index (χ2v) is 10.6. The predicted molar refractivity (Wildman–Crippen MR) is 156 cm³/mol. The van der Waals surface area contributed by atoms with Gasteiger partial charge < -0.3 is 14.6 Å². The molecule has 8 nitrogen and oxygen atoms in total. The van der Waals surface area contributed by atoms with Crippen molar-refractivity contribution in [2.75, 3.05) is 6.61 Å². The molecule has 0 radical (unpaired) electrons. The number of hydrogen-bond acceptors (Lipinski definition) is 7. The topological polar surface area (TPSA) is 107 Å². The van der Waals surface area contributed by atoms with E-state index in [9.17, 15) is 14.4 Å². The molecule has 1 aliphatic rings. The molecule has 208 valence electrons. The Kier molecular flexibility index (Phi) is 8.19. The van der Waals surface area contributed by atoms with Gasteiger partial charge in [-0.1, -0.05) is 65.4 Å². The molecular formula is C31H25ClN2O6S. The van der Waals surface area contributed by atoms with E-state index in [2.05, 4.69) is 4.99 Å². The van der Waals surface area contributed by atoms with Crippen LogP contribution in [0.4, 0.5) is 0 Å². The third kappa shape index (κ3) is 5.86. The van der Waals surface area contributed by atoms with Gasteiger partial charge in [0.05, 0.1) is 34.0 Å². The maximum absolute atomic E-state index is 13.9. The first-order chi connectivity index (χ1) is 19.8. The van der Waals surface area contributed by atoms with Gasteiger partial charge in [0.25, 0.3) is 5.56 Å². The minimum absolute atomic E-state index is 0.188. The lowest BCUT2D eigenvalue weighted by molar-refractivity contribution is -0.139. The van der Waals surface area contributed by atoms with Crippen LogP contribution in [0.2, 0.25) is 5.02 Å². The number of aromatic carboxylic acids is 1. The summed E-state index contributed by atoms with van der Waals surface area (Å²) in [6.45, 7) is 3.86. The van der Waals surface area contributed by atoms with Gasteiger partial charge in [-0.05, 0) is 61.4 Å². The summed E-state index contributed by atoms with van der Waals surface area (Å²) in [5.74, 6) is -0.969. The molecule has 1 atom stereocenters. The van der Waals surface area contributed by atoms with Gasteiger partial charge in [0.2, 0.25) is 0 Å². The van der Waals surface area contributed by atoms with Crippen molar-refractivity contribution in [1.29, 1.82) is 0 Å². The summed E-state index contributed by atoms with van der Waals surface area (Å²) in [5.41, 5.74) is 2.86. The first-order valence-electron chi connectivity index (χ1n) is 12.8. The highest BCUT2D eigenvalue weighted by atomic mass is 35.5. The molecule has 5 rings (SSSR count). The van der Waals surface area contributed by atoms with E-state index < -0.39 is 18.0 Å². The van der Waals surface area contributed by atoms with Gasteiger partial charge >= 0.3 is 11.9 Å². The number of thiazole rings is 1. The molecule has 0 saturated carbocycles. The van der Waals surface area contributed by atoms with Crippen LogP contribution in [0.1, 0.15) is 46.9 Å². The minimum Gasteiger partial charge on any atom is -0.488 e. The van der Waals surface area contributed by atoms with Gasteiger partial charge in [-0.15, -0.1) is 0 Å². The quantitative estimate of drug-likeness (QED) is 0.298. The Balaban J connectivity index is 1.55. The first kappa shape index (κ1) is 28.1. The summed E-state index contributed by atoms with van der Waals surface area (Å²) in [6.07, 6.45) is 1.75. The summed E-state index contributed by atoms with van der Waals surface area (Å²) >= 11 is 7.35. The van der Waals surface area contributed by atoms with Crippen molar-refractivity contribution < 1.29 is 24.2 Å². The number of para-hydroxylation sites is 1. The van der Waals surface area contributed by atoms with E-state index in [1.165, 1.54) is 28.0 Å². The van der Waals surface area contributed by atoms with Crippen molar-refractivity contribution in [3.05, 3.63) is 131 Å². The molecule has 0 amide bonds. The molecule has 0 spiro atoms. The maximum Gasteiger partial charge on any atom is 0.338 e. The zero-order chi connectivity index (χ0) is 29.1. The van der Waals surface area contributed by atoms with Gasteiger partial charge in [-0.25, -0.2) is 14.6 Å². The molecule has 0 aliphatic carbocycles. The summed E-state index contributed by atoms with van der Waals surface area (Å²) in [7, 11) is 0. The number of benzene rings is 3. The van der Waals surface area contributed by atoms with E-state index in [1.54, 1.807) is 62.4 Å². The highest BCUT2D eigenvalue weighted by Crippen LogP contribution is 2.31. The van der Waals surface area contributed by atoms with Crippen molar-refractivity contribution in [3.8, 4) is 5.75 Å². The fourth-order valence-corrected chi connectivity index (χ4v) is 5.69. The Bertz CT molecular complexity index is 1840. The van der Waals surface area contributed by atoms with Crippen LogP contribution in [0.15, 0.2) is 93.9 Å². The maximum atomic E-state index is 13.9. The predicted octanol–water partition coefficient (Wildman–Crippen LogP) is 4.73. The number of rotatable bonds is 8. The number of carbonyl (C=O) groups is 2. The van der Waals surface area contributed by atoms with E-state index in [0.29, 0.717) is 42.5 Å². The third-order valence-electron chi connectivity index (χ3n) is 6.50. The second kappa shape index (κ2) is 12.0. The van der Waals surface area contributed by atoms with Gasteiger partial charge in [0, 0.05) is 10.6 Å². The van der Waals surface area contributed by atoms with Crippen LogP contribution in [-0.2, 0) is 16.1 Å². The lowest BCUT2D eigenvalue weighted by Gasteiger charge is -2.24. The molecule has 10 heteroatoms. The smallest absolute Gasteiger partial charge is 0.338 e. The summed E-state index contributed by atoms with van der Waals surface area (Å²) in [6, 6.07) is 20.0. The number of ether oxygens (including phenoxy) is 2. The number of carboxylic acid groups (broad SMARTS) is 1. The van der Waals surface area contributed by atoms with E-state index in [1.807, 2.05) is 18.2 Å². The highest BCUT2D eigenvalue weighted by molar-refractivity contribution is 7.07. The van der Waals surface area contributed by atoms with Crippen molar-refractivity contribution in [2.45, 2.75) is 26.5 Å². The summed E-state index contributed by atoms with van der Waals surface area (Å²) in [4.78, 5) is 43.1. The standard InChI is InChI=1S/C31H25ClN2O6S/c1-3-39-30(38)26-18(2)33-31-34(27(26)20-12-14-23(32)15-13-20)28(35)25(41-31)16-22-6-4-5-7-24(22)40-17-19-8-10-21(11-9-19)29(36)37/h4-16,27H,3,17H2,1-2H3,(H,36,37)/b25-16-/t27-/m0/s1. The number of esters is 1. The second-order valence-electron chi connectivity index (χ2n) is 9.18. The van der Waals surface area contributed by atoms with Crippen molar-refractivity contribution >= 4 is 41.0 Å². The van der Waals surface area contributed by atoms with E-state index in [4.69, 9.17) is 26.2 Å². The van der Waals surface area contributed by atoms with Gasteiger partial charge in [-0.2, -0.15) is 0 Å². The Morgan fingerprint density at radius 2 is 1.78 bits per heavy atom. The van der Waals surface area contributed by atoms with Crippen molar-refractivity contribution in [1.82, 2.24) is 4.57 Å². The molecular weight excluding hydrogens is 564 g/mol. The Hall–Kier alpha value is -4.47. The van der Waals surface area contributed by atoms with Gasteiger partial charge in [0.15, 0.2) is 4.80 Å². The van der Waals surface area contributed by atoms with Crippen LogP contribution in [-0.4, -0.2) is 28.2 Å². The molecule has 41 heavy (non-hydrogen) atoms.